The number of nitrogens with one attached hydrogen (secondary N) is 2. The molecule has 1 aromatic heterocycles. The van der Waals surface area contributed by atoms with Crippen LogP contribution in [0.25, 0.3) is 0 Å². The Hall–Kier alpha value is -2.60. The zero-order valence-corrected chi connectivity index (χ0v) is 13.5. The van der Waals surface area contributed by atoms with Gasteiger partial charge in [0.05, 0.1) is 5.56 Å². The van der Waals surface area contributed by atoms with Gasteiger partial charge in [0, 0.05) is 30.0 Å². The van der Waals surface area contributed by atoms with Gasteiger partial charge in [-0.15, -0.1) is 0 Å². The van der Waals surface area contributed by atoms with E-state index in [2.05, 4.69) is 10.6 Å². The van der Waals surface area contributed by atoms with E-state index in [1.165, 1.54) is 29.9 Å². The maximum atomic E-state index is 12.1. The molecule has 0 bridgehead atoms. The van der Waals surface area contributed by atoms with Crippen molar-refractivity contribution < 1.29 is 9.59 Å². The van der Waals surface area contributed by atoms with Crippen LogP contribution in [0.2, 0.25) is 5.02 Å². The van der Waals surface area contributed by atoms with Crippen molar-refractivity contribution in [2.75, 3.05) is 12.4 Å². The molecule has 0 spiro atoms. The molecule has 0 unspecified atom stereocenters. The van der Waals surface area contributed by atoms with Crippen LogP contribution in [0.15, 0.2) is 41.3 Å². The van der Waals surface area contributed by atoms with Gasteiger partial charge in [0.15, 0.2) is 0 Å². The van der Waals surface area contributed by atoms with Crippen molar-refractivity contribution in [3.8, 4) is 0 Å². The molecule has 6 nitrogen and oxygen atoms in total. The average Bonchev–Trinajstić information content (AvgIpc) is 2.52. The molecule has 2 rings (SSSR count). The zero-order chi connectivity index (χ0) is 17.0. The molecule has 120 valence electrons. The van der Waals surface area contributed by atoms with Crippen LogP contribution in [0.3, 0.4) is 0 Å². The molecule has 0 aliphatic carbocycles. The molecule has 1 aromatic carbocycles. The fourth-order valence-electron chi connectivity index (χ4n) is 1.96. The topological polar surface area (TPSA) is 80.2 Å². The van der Waals surface area contributed by atoms with Crippen LogP contribution in [-0.4, -0.2) is 23.4 Å². The summed E-state index contributed by atoms with van der Waals surface area (Å²) in [4.78, 5) is 35.4. The molecule has 2 amide bonds. The number of carbonyl (C=O) groups excluding carboxylic acids is 2. The highest BCUT2D eigenvalue weighted by Gasteiger charge is 2.09. The fourth-order valence-corrected chi connectivity index (χ4v) is 2.14. The Kier molecular flexibility index (Phi) is 5.18. The third-order valence-corrected chi connectivity index (χ3v) is 3.65. The minimum atomic E-state index is -0.388. The van der Waals surface area contributed by atoms with Crippen molar-refractivity contribution in [1.29, 1.82) is 0 Å². The number of amides is 2. The molecule has 0 fully saturated rings. The van der Waals surface area contributed by atoms with Crippen molar-refractivity contribution >= 4 is 29.1 Å². The van der Waals surface area contributed by atoms with E-state index in [4.69, 9.17) is 11.6 Å². The minimum absolute atomic E-state index is 0.199. The van der Waals surface area contributed by atoms with Crippen molar-refractivity contribution in [2.45, 2.75) is 13.5 Å². The zero-order valence-electron chi connectivity index (χ0n) is 12.7. The second-order valence-electron chi connectivity index (χ2n) is 4.98. The highest BCUT2D eigenvalue weighted by molar-refractivity contribution is 6.31. The molecule has 7 heteroatoms. The molecular weight excluding hydrogens is 318 g/mol. The second kappa shape index (κ2) is 7.11. The number of benzene rings is 1. The number of hydrogen-bond acceptors (Lipinski definition) is 3. The summed E-state index contributed by atoms with van der Waals surface area (Å²) < 4.78 is 1.18. The molecule has 0 saturated carbocycles. The van der Waals surface area contributed by atoms with Crippen molar-refractivity contribution in [3.63, 3.8) is 0 Å². The molecule has 2 N–H and O–H groups in total. The number of carbonyl (C=O) groups is 2. The van der Waals surface area contributed by atoms with Gasteiger partial charge in [-0.3, -0.25) is 14.4 Å². The number of aromatic nitrogens is 1. The van der Waals surface area contributed by atoms with Crippen molar-refractivity contribution in [2.24, 2.45) is 0 Å². The number of pyridine rings is 1. The Balaban J connectivity index is 2.15. The largest absolute Gasteiger partial charge is 0.355 e. The second-order valence-corrected chi connectivity index (χ2v) is 5.38. The molecule has 0 atom stereocenters. The molecule has 0 aliphatic rings. The lowest BCUT2D eigenvalue weighted by molar-refractivity contribution is -0.116. The number of anilines is 1. The van der Waals surface area contributed by atoms with Gasteiger partial charge in [0.25, 0.3) is 11.5 Å². The highest BCUT2D eigenvalue weighted by Crippen LogP contribution is 2.19. The van der Waals surface area contributed by atoms with Crippen LogP contribution in [0.4, 0.5) is 5.69 Å². The van der Waals surface area contributed by atoms with Gasteiger partial charge in [-0.05, 0) is 30.7 Å². The van der Waals surface area contributed by atoms with Crippen LogP contribution < -0.4 is 16.2 Å². The third-order valence-electron chi connectivity index (χ3n) is 3.24. The van der Waals surface area contributed by atoms with Crippen LogP contribution in [-0.2, 0) is 11.3 Å². The first-order valence-corrected chi connectivity index (χ1v) is 7.27. The summed E-state index contributed by atoms with van der Waals surface area (Å²) >= 11 is 6.00. The van der Waals surface area contributed by atoms with E-state index in [0.29, 0.717) is 16.3 Å². The third kappa shape index (κ3) is 4.20. The Morgan fingerprint density at radius 3 is 2.61 bits per heavy atom. The molecular formula is C16H16ClN3O3. The molecule has 1 heterocycles. The summed E-state index contributed by atoms with van der Waals surface area (Å²) in [6.07, 6.45) is 1.35. The van der Waals surface area contributed by atoms with Gasteiger partial charge in [0.2, 0.25) is 5.91 Å². The number of rotatable bonds is 4. The molecule has 0 aliphatic heterocycles. The summed E-state index contributed by atoms with van der Waals surface area (Å²) in [6.45, 7) is 1.66. The molecule has 0 radical (unpaired) electrons. The number of nitrogens with zero attached hydrogens (tertiary/aromatic N) is 1. The number of halogens is 1. The van der Waals surface area contributed by atoms with Gasteiger partial charge in [-0.1, -0.05) is 17.7 Å². The van der Waals surface area contributed by atoms with E-state index in [1.807, 2.05) is 6.92 Å². The lowest BCUT2D eigenvalue weighted by Crippen LogP contribution is -2.29. The number of aryl methyl sites for hydroxylation is 1. The standard InChI is InChI=1S/C16H16ClN3O3/c1-10-3-5-12(7-13(10)17)19-14(21)9-20-8-11(16(23)18-2)4-6-15(20)22/h3-8H,9H2,1-2H3,(H,18,23)(H,19,21). The van der Waals surface area contributed by atoms with E-state index in [-0.39, 0.29) is 23.9 Å². The van der Waals surface area contributed by atoms with Gasteiger partial charge >= 0.3 is 0 Å². The first-order valence-electron chi connectivity index (χ1n) is 6.89. The van der Waals surface area contributed by atoms with Gasteiger partial charge < -0.3 is 15.2 Å². The first-order chi connectivity index (χ1) is 10.9. The Morgan fingerprint density at radius 1 is 1.22 bits per heavy atom. The predicted molar refractivity (Wildman–Crippen MR) is 88.9 cm³/mol. The van der Waals surface area contributed by atoms with E-state index >= 15 is 0 Å². The highest BCUT2D eigenvalue weighted by atomic mass is 35.5. The summed E-state index contributed by atoms with van der Waals surface area (Å²) in [7, 11) is 1.49. The van der Waals surface area contributed by atoms with Gasteiger partial charge in [0.1, 0.15) is 6.54 Å². The quantitative estimate of drug-likeness (QED) is 0.895. The summed E-state index contributed by atoms with van der Waals surface area (Å²) in [6, 6.07) is 7.81. The van der Waals surface area contributed by atoms with E-state index in [0.717, 1.165) is 5.56 Å². The monoisotopic (exact) mass is 333 g/mol. The minimum Gasteiger partial charge on any atom is -0.355 e. The lowest BCUT2D eigenvalue weighted by atomic mass is 10.2. The maximum Gasteiger partial charge on any atom is 0.252 e. The SMILES string of the molecule is CNC(=O)c1ccc(=O)n(CC(=O)Nc2ccc(C)c(Cl)c2)c1. The Bertz CT molecular complexity index is 814. The normalized spacial score (nSPS) is 10.2. The fraction of sp³-hybridized carbons (Fsp3) is 0.188. The van der Waals surface area contributed by atoms with E-state index < -0.39 is 0 Å². The maximum absolute atomic E-state index is 12.1. The molecule has 0 saturated heterocycles. The summed E-state index contributed by atoms with van der Waals surface area (Å²) in [5, 5.41) is 5.67. The van der Waals surface area contributed by atoms with Crippen LogP contribution in [0, 0.1) is 6.92 Å². The van der Waals surface area contributed by atoms with Crippen LogP contribution in [0.5, 0.6) is 0 Å². The average molecular weight is 334 g/mol. The number of hydrogen-bond donors (Lipinski definition) is 2. The van der Waals surface area contributed by atoms with Crippen LogP contribution in [0.1, 0.15) is 15.9 Å². The van der Waals surface area contributed by atoms with Crippen molar-refractivity contribution in [3.05, 3.63) is 63.0 Å². The lowest BCUT2D eigenvalue weighted by Gasteiger charge is -2.09. The van der Waals surface area contributed by atoms with E-state index in [1.54, 1.807) is 18.2 Å². The Labute approximate surface area is 138 Å². The Morgan fingerprint density at radius 2 is 1.96 bits per heavy atom. The van der Waals surface area contributed by atoms with Gasteiger partial charge in [-0.2, -0.15) is 0 Å². The van der Waals surface area contributed by atoms with E-state index in [9.17, 15) is 14.4 Å². The molecule has 2 aromatic rings. The van der Waals surface area contributed by atoms with Gasteiger partial charge in [-0.25, -0.2) is 0 Å². The predicted octanol–water partition coefficient (Wildman–Crippen LogP) is 1.81. The summed E-state index contributed by atoms with van der Waals surface area (Å²) in [5.74, 6) is -0.717. The van der Waals surface area contributed by atoms with Crippen molar-refractivity contribution in [1.82, 2.24) is 9.88 Å². The first kappa shape index (κ1) is 16.8. The molecule has 23 heavy (non-hydrogen) atoms. The summed E-state index contributed by atoms with van der Waals surface area (Å²) in [5.41, 5.74) is 1.38. The van der Waals surface area contributed by atoms with Crippen LogP contribution >= 0.6 is 11.6 Å². The smallest absolute Gasteiger partial charge is 0.252 e.